The van der Waals surface area contributed by atoms with Crippen LogP contribution < -0.4 is 0 Å². The minimum Gasteiger partial charge on any atom is -0.299 e. The predicted octanol–water partition coefficient (Wildman–Crippen LogP) is 4.35. The van der Waals surface area contributed by atoms with Gasteiger partial charge in [0.25, 0.3) is 0 Å². The summed E-state index contributed by atoms with van der Waals surface area (Å²) >= 11 is 1.86. The van der Waals surface area contributed by atoms with Crippen LogP contribution in [0, 0.1) is 5.92 Å². The molecule has 0 aliphatic carbocycles. The largest absolute Gasteiger partial charge is 0.299 e. The van der Waals surface area contributed by atoms with Crippen molar-refractivity contribution in [2.75, 3.05) is 5.75 Å². The molecule has 0 spiro atoms. The third-order valence-corrected chi connectivity index (χ3v) is 3.66. The van der Waals surface area contributed by atoms with Crippen LogP contribution in [-0.4, -0.2) is 11.5 Å². The van der Waals surface area contributed by atoms with Crippen molar-refractivity contribution in [3.63, 3.8) is 0 Å². The summed E-state index contributed by atoms with van der Waals surface area (Å²) in [5.41, 5.74) is 1.34. The second kappa shape index (κ2) is 7.54. The van der Waals surface area contributed by atoms with E-state index < -0.39 is 0 Å². The normalized spacial score (nSPS) is 10.8. The molecule has 0 radical (unpaired) electrons. The number of hydrogen-bond donors (Lipinski definition) is 0. The molecular weight excluding hydrogens is 228 g/mol. The van der Waals surface area contributed by atoms with Crippen molar-refractivity contribution in [3.05, 3.63) is 29.8 Å². The van der Waals surface area contributed by atoms with E-state index in [0.29, 0.717) is 12.2 Å². The minimum atomic E-state index is 0.179. The fourth-order valence-electron chi connectivity index (χ4n) is 1.67. The third-order valence-electron chi connectivity index (χ3n) is 2.77. The lowest BCUT2D eigenvalue weighted by molar-refractivity contribution is -0.121. The second-order valence-electron chi connectivity index (χ2n) is 4.55. The first-order valence-electron chi connectivity index (χ1n) is 6.38. The highest BCUT2D eigenvalue weighted by Crippen LogP contribution is 2.18. The Morgan fingerprint density at radius 3 is 2.41 bits per heavy atom. The van der Waals surface area contributed by atoms with Gasteiger partial charge >= 0.3 is 0 Å². The van der Waals surface area contributed by atoms with E-state index in [1.54, 1.807) is 0 Å². The fourth-order valence-corrected chi connectivity index (χ4v) is 2.34. The van der Waals surface area contributed by atoms with Crippen molar-refractivity contribution in [1.82, 2.24) is 0 Å². The SMILES string of the molecule is CCSc1ccc(CCCC(=O)C(C)C)cc1. The van der Waals surface area contributed by atoms with Gasteiger partial charge in [-0.3, -0.25) is 4.79 Å². The molecule has 0 aliphatic heterocycles. The first-order valence-corrected chi connectivity index (χ1v) is 7.36. The minimum absolute atomic E-state index is 0.179. The van der Waals surface area contributed by atoms with Gasteiger partial charge in [-0.25, -0.2) is 0 Å². The number of hydrogen-bond acceptors (Lipinski definition) is 2. The Morgan fingerprint density at radius 2 is 1.88 bits per heavy atom. The highest BCUT2D eigenvalue weighted by molar-refractivity contribution is 7.99. The Labute approximate surface area is 109 Å². The van der Waals surface area contributed by atoms with E-state index in [0.717, 1.165) is 18.6 Å². The zero-order valence-electron chi connectivity index (χ0n) is 11.0. The highest BCUT2D eigenvalue weighted by Gasteiger charge is 2.06. The van der Waals surface area contributed by atoms with E-state index in [4.69, 9.17) is 0 Å². The first-order chi connectivity index (χ1) is 8.13. The number of Topliss-reactive ketones (excluding diaryl/α,β-unsaturated/α-hetero) is 1. The average Bonchev–Trinajstić information content (AvgIpc) is 2.31. The maximum atomic E-state index is 11.5. The average molecular weight is 250 g/mol. The summed E-state index contributed by atoms with van der Waals surface area (Å²) in [4.78, 5) is 12.8. The number of benzene rings is 1. The summed E-state index contributed by atoms with van der Waals surface area (Å²) in [6.07, 6.45) is 2.69. The molecule has 0 saturated carbocycles. The molecule has 0 amide bonds. The first kappa shape index (κ1) is 14.3. The molecule has 0 unspecified atom stereocenters. The molecule has 2 heteroatoms. The Kier molecular flexibility index (Phi) is 6.35. The van der Waals surface area contributed by atoms with E-state index in [9.17, 15) is 4.79 Å². The molecule has 0 aliphatic rings. The van der Waals surface area contributed by atoms with Crippen LogP contribution >= 0.6 is 11.8 Å². The van der Waals surface area contributed by atoms with Crippen LogP contribution in [0.5, 0.6) is 0 Å². The fraction of sp³-hybridized carbons (Fsp3) is 0.533. The molecule has 0 bridgehead atoms. The van der Waals surface area contributed by atoms with Crippen LogP contribution in [0.2, 0.25) is 0 Å². The quantitative estimate of drug-likeness (QED) is 0.669. The Bertz CT molecular complexity index is 340. The maximum absolute atomic E-state index is 11.5. The molecule has 1 nitrogen and oxygen atoms in total. The molecule has 0 heterocycles. The van der Waals surface area contributed by atoms with Crippen molar-refractivity contribution in [2.24, 2.45) is 5.92 Å². The van der Waals surface area contributed by atoms with E-state index in [2.05, 4.69) is 31.2 Å². The summed E-state index contributed by atoms with van der Waals surface area (Å²) in [5.74, 6) is 1.67. The van der Waals surface area contributed by atoms with Crippen LogP contribution in [0.3, 0.4) is 0 Å². The molecular formula is C15H22OS. The molecule has 1 aromatic rings. The molecule has 0 fully saturated rings. The van der Waals surface area contributed by atoms with Gasteiger partial charge in [-0.05, 0) is 36.3 Å². The summed E-state index contributed by atoms with van der Waals surface area (Å²) in [6.45, 7) is 6.11. The highest BCUT2D eigenvalue weighted by atomic mass is 32.2. The third kappa shape index (κ3) is 5.40. The zero-order chi connectivity index (χ0) is 12.7. The topological polar surface area (TPSA) is 17.1 Å². The van der Waals surface area contributed by atoms with Crippen molar-refractivity contribution in [2.45, 2.75) is 44.9 Å². The van der Waals surface area contributed by atoms with E-state index in [-0.39, 0.29) is 5.92 Å². The number of aryl methyl sites for hydroxylation is 1. The Hall–Kier alpha value is -0.760. The van der Waals surface area contributed by atoms with Gasteiger partial charge in [0.1, 0.15) is 5.78 Å². The zero-order valence-corrected chi connectivity index (χ0v) is 11.8. The van der Waals surface area contributed by atoms with E-state index in [1.807, 2.05) is 25.6 Å². The lowest BCUT2D eigenvalue weighted by Gasteiger charge is -2.05. The maximum Gasteiger partial charge on any atom is 0.135 e. The number of carbonyl (C=O) groups excluding carboxylic acids is 1. The molecule has 94 valence electrons. The number of rotatable bonds is 7. The van der Waals surface area contributed by atoms with E-state index >= 15 is 0 Å². The van der Waals surface area contributed by atoms with Crippen LogP contribution in [0.15, 0.2) is 29.2 Å². The molecule has 0 aromatic heterocycles. The van der Waals surface area contributed by atoms with Gasteiger partial charge in [0, 0.05) is 17.2 Å². The second-order valence-corrected chi connectivity index (χ2v) is 5.89. The summed E-state index contributed by atoms with van der Waals surface area (Å²) in [7, 11) is 0. The lowest BCUT2D eigenvalue weighted by Crippen LogP contribution is -2.06. The van der Waals surface area contributed by atoms with Crippen molar-refractivity contribution in [3.8, 4) is 0 Å². The predicted molar refractivity (Wildman–Crippen MR) is 75.6 cm³/mol. The van der Waals surface area contributed by atoms with Crippen LogP contribution in [0.4, 0.5) is 0 Å². The molecule has 0 saturated heterocycles. The van der Waals surface area contributed by atoms with Gasteiger partial charge in [0.05, 0.1) is 0 Å². The number of ketones is 1. The van der Waals surface area contributed by atoms with Crippen molar-refractivity contribution in [1.29, 1.82) is 0 Å². The van der Waals surface area contributed by atoms with Crippen LogP contribution in [-0.2, 0) is 11.2 Å². The molecule has 1 rings (SSSR count). The van der Waals surface area contributed by atoms with E-state index in [1.165, 1.54) is 10.5 Å². The number of thioether (sulfide) groups is 1. The Morgan fingerprint density at radius 1 is 1.24 bits per heavy atom. The standard InChI is InChI=1S/C15H22OS/c1-4-17-14-10-8-13(9-11-14)6-5-7-15(16)12(2)3/h8-12H,4-7H2,1-3H3. The summed E-state index contributed by atoms with van der Waals surface area (Å²) < 4.78 is 0. The number of carbonyl (C=O) groups is 1. The molecule has 0 N–H and O–H groups in total. The van der Waals surface area contributed by atoms with Crippen LogP contribution in [0.25, 0.3) is 0 Å². The Balaban J connectivity index is 2.34. The monoisotopic (exact) mass is 250 g/mol. The lowest BCUT2D eigenvalue weighted by atomic mass is 10.0. The smallest absolute Gasteiger partial charge is 0.135 e. The van der Waals surface area contributed by atoms with Crippen molar-refractivity contribution < 1.29 is 4.79 Å². The molecule has 17 heavy (non-hydrogen) atoms. The summed E-state index contributed by atoms with van der Waals surface area (Å²) in [5, 5.41) is 0. The van der Waals surface area contributed by atoms with Gasteiger partial charge in [0.2, 0.25) is 0 Å². The molecule has 1 aromatic carbocycles. The van der Waals surface area contributed by atoms with Gasteiger partial charge in [0.15, 0.2) is 0 Å². The van der Waals surface area contributed by atoms with Crippen LogP contribution in [0.1, 0.15) is 39.2 Å². The van der Waals surface area contributed by atoms with Gasteiger partial charge in [-0.2, -0.15) is 0 Å². The molecule has 0 atom stereocenters. The van der Waals surface area contributed by atoms with Gasteiger partial charge < -0.3 is 0 Å². The van der Waals surface area contributed by atoms with Gasteiger partial charge in [-0.1, -0.05) is 32.9 Å². The van der Waals surface area contributed by atoms with Gasteiger partial charge in [-0.15, -0.1) is 11.8 Å². The van der Waals surface area contributed by atoms with Crippen molar-refractivity contribution >= 4 is 17.5 Å². The summed E-state index contributed by atoms with van der Waals surface area (Å²) in [6, 6.07) is 8.71.